The molecule has 0 aliphatic carbocycles. The Morgan fingerprint density at radius 2 is 0.700 bits per heavy atom. The summed E-state index contributed by atoms with van der Waals surface area (Å²) in [4.78, 5) is 21.0. The fourth-order valence-corrected chi connectivity index (χ4v) is 0. The summed E-state index contributed by atoms with van der Waals surface area (Å²) in [6.07, 6.45) is 0. The molecule has 0 spiro atoms. The third-order valence-electron chi connectivity index (χ3n) is 0. The normalized spacial score (nSPS) is 6.30. The number of hydrogen-bond acceptors (Lipinski definition) is 3. The first-order chi connectivity index (χ1) is 4.24. The Bertz CT molecular complexity index is 49.7. The van der Waals surface area contributed by atoms with Crippen molar-refractivity contribution >= 4 is 26.1 Å². The summed E-state index contributed by atoms with van der Waals surface area (Å²) in [5.74, 6) is 0. The zero-order chi connectivity index (χ0) is 8.12. The largest absolute Gasteiger partial charge is 3.00 e. The molecule has 0 fully saturated rings. The minimum Gasteiger partial charge on any atom is -0.310 e. The zero-order valence-electron chi connectivity index (χ0n) is 4.49. The van der Waals surface area contributed by atoms with Crippen LogP contribution in [0.1, 0.15) is 0 Å². The fraction of sp³-hybridized carbons (Fsp3) is 0. The molecule has 10 heteroatoms. The molecule has 0 aliphatic rings. The van der Waals surface area contributed by atoms with E-state index in [1.54, 1.807) is 0 Å². The van der Waals surface area contributed by atoms with Crippen molar-refractivity contribution in [2.75, 3.05) is 0 Å². The molecule has 0 heterocycles. The first-order valence-electron chi connectivity index (χ1n) is 1.15. The van der Waals surface area contributed by atoms with Crippen LogP contribution in [0.3, 0.4) is 0 Å². The van der Waals surface area contributed by atoms with Crippen LogP contribution in [-0.4, -0.2) is 14.7 Å². The molecule has 0 aliphatic heterocycles. The molecule has 0 aromatic rings. The van der Waals surface area contributed by atoms with Gasteiger partial charge >= 0.3 is 61.7 Å². The van der Waals surface area contributed by atoms with Crippen molar-refractivity contribution in [2.24, 2.45) is 0 Å². The van der Waals surface area contributed by atoms with Crippen molar-refractivity contribution in [1.29, 1.82) is 0 Å². The molecular weight excluding hydrogens is 328 g/mol. The Balaban J connectivity index is -0.0000000257. The molecule has 0 radical (unpaired) electrons. The van der Waals surface area contributed by atoms with E-state index in [1.165, 1.54) is 0 Å². The second-order valence-corrected chi connectivity index (χ2v) is 0.735. The van der Waals surface area contributed by atoms with Crippen LogP contribution in [0.2, 0.25) is 0 Å². The zero-order valence-corrected chi connectivity index (χ0v) is 10.8. The molecule has 3 N–H and O–H groups in total. The summed E-state index contributed by atoms with van der Waals surface area (Å²) in [5, 5.41) is 0. The summed E-state index contributed by atoms with van der Waals surface area (Å²) >= 11 is 0. The molecular formula is H3LaO6P3+3. The molecule has 0 amide bonds. The maximum atomic E-state index is 8.46. The van der Waals surface area contributed by atoms with Crippen LogP contribution in [0.4, 0.5) is 0 Å². The molecule has 0 aromatic carbocycles. The molecule has 6 nitrogen and oxygen atoms in total. The van der Waals surface area contributed by atoms with Gasteiger partial charge < -0.3 is 14.7 Å². The smallest absolute Gasteiger partial charge is 0.310 e. The average Bonchev–Trinajstić information content (AvgIpc) is 1.70. The molecule has 54 valence electrons. The third kappa shape index (κ3) is 348. The van der Waals surface area contributed by atoms with Gasteiger partial charge in [-0.1, -0.05) is 0 Å². The van der Waals surface area contributed by atoms with Crippen LogP contribution < -0.4 is 0 Å². The van der Waals surface area contributed by atoms with Crippen molar-refractivity contribution in [2.45, 2.75) is 0 Å². The molecule has 0 rings (SSSR count). The molecule has 0 aromatic heterocycles. The first-order valence-corrected chi connectivity index (χ1v) is 3.44. The Morgan fingerprint density at radius 1 is 0.700 bits per heavy atom. The predicted molar refractivity (Wildman–Crippen MR) is 29.5 cm³/mol. The molecule has 0 unspecified atom stereocenters. The predicted octanol–water partition coefficient (Wildman–Crippen LogP) is 0.556. The Labute approximate surface area is 89.5 Å². The van der Waals surface area contributed by atoms with Crippen molar-refractivity contribution in [3.63, 3.8) is 0 Å². The Hall–Kier alpha value is 1.37. The van der Waals surface area contributed by atoms with Crippen LogP contribution in [0.15, 0.2) is 0 Å². The van der Waals surface area contributed by atoms with E-state index < -0.39 is 26.1 Å². The van der Waals surface area contributed by atoms with Gasteiger partial charge in [0, 0.05) is 0 Å². The van der Waals surface area contributed by atoms with Gasteiger partial charge in [-0.3, -0.25) is 0 Å². The van der Waals surface area contributed by atoms with Crippen molar-refractivity contribution in [3.05, 3.63) is 0 Å². The van der Waals surface area contributed by atoms with Gasteiger partial charge in [-0.05, 0) is 0 Å². The van der Waals surface area contributed by atoms with E-state index in [4.69, 9.17) is 28.4 Å². The maximum absolute atomic E-state index is 8.46. The van der Waals surface area contributed by atoms with Gasteiger partial charge in [0.25, 0.3) is 0 Å². The summed E-state index contributed by atoms with van der Waals surface area (Å²) in [5.41, 5.74) is 0. The quantitative estimate of drug-likeness (QED) is 0.559. The van der Waals surface area contributed by atoms with E-state index in [2.05, 4.69) is 0 Å². The number of rotatable bonds is 0. The van der Waals surface area contributed by atoms with Gasteiger partial charge in [0.2, 0.25) is 0 Å². The Kier molecular flexibility index (Phi) is 107. The van der Waals surface area contributed by atoms with E-state index in [0.29, 0.717) is 0 Å². The summed E-state index contributed by atoms with van der Waals surface area (Å²) in [6, 6.07) is 0. The SMILES string of the molecule is O=PO.O=PO.O=PO.[La+3]. The standard InChI is InChI=1S/La.3HO2P/c;3*1-3-2/h;3*(H,1,2)/q+3;;;. The molecule has 10 heavy (non-hydrogen) atoms. The van der Waals surface area contributed by atoms with E-state index in [-0.39, 0.29) is 35.6 Å². The minimum absolute atomic E-state index is 0. The van der Waals surface area contributed by atoms with E-state index in [9.17, 15) is 0 Å². The molecule has 0 saturated heterocycles. The van der Waals surface area contributed by atoms with E-state index in [0.717, 1.165) is 0 Å². The minimum atomic E-state index is -0.833. The van der Waals surface area contributed by atoms with Crippen molar-refractivity contribution < 1.29 is 64.0 Å². The van der Waals surface area contributed by atoms with Crippen molar-refractivity contribution in [3.8, 4) is 0 Å². The topological polar surface area (TPSA) is 112 Å². The fourth-order valence-electron chi connectivity index (χ4n) is 0. The van der Waals surface area contributed by atoms with E-state index >= 15 is 0 Å². The van der Waals surface area contributed by atoms with Crippen LogP contribution in [0.25, 0.3) is 0 Å². The first kappa shape index (κ1) is 22.5. The van der Waals surface area contributed by atoms with Gasteiger partial charge in [-0.2, -0.15) is 0 Å². The van der Waals surface area contributed by atoms with Gasteiger partial charge in [0.1, 0.15) is 0 Å². The van der Waals surface area contributed by atoms with Crippen molar-refractivity contribution in [1.82, 2.24) is 0 Å². The second kappa shape index (κ2) is 47.6. The monoisotopic (exact) mass is 331 g/mol. The van der Waals surface area contributed by atoms with Crippen LogP contribution in [-0.2, 0) is 13.7 Å². The van der Waals surface area contributed by atoms with Gasteiger partial charge in [0.15, 0.2) is 0 Å². The molecule has 0 saturated carbocycles. The van der Waals surface area contributed by atoms with Gasteiger partial charge in [-0.25, -0.2) is 13.7 Å². The third-order valence-corrected chi connectivity index (χ3v) is 0. The molecule has 0 bridgehead atoms. The summed E-state index contributed by atoms with van der Waals surface area (Å²) in [6.45, 7) is 0. The maximum Gasteiger partial charge on any atom is 3.00 e. The van der Waals surface area contributed by atoms with Crippen LogP contribution >= 0.6 is 26.1 Å². The van der Waals surface area contributed by atoms with Crippen LogP contribution in [0, 0.1) is 35.6 Å². The van der Waals surface area contributed by atoms with Gasteiger partial charge in [-0.15, -0.1) is 0 Å². The average molecular weight is 331 g/mol. The second-order valence-electron chi connectivity index (χ2n) is 0.245. The van der Waals surface area contributed by atoms with Crippen LogP contribution in [0.5, 0.6) is 0 Å². The number of hydrogen-bond donors (Lipinski definition) is 3. The summed E-state index contributed by atoms with van der Waals surface area (Å²) < 4.78 is 25.4. The van der Waals surface area contributed by atoms with Gasteiger partial charge in [0.05, 0.1) is 0 Å². The van der Waals surface area contributed by atoms with E-state index in [1.807, 2.05) is 0 Å². The summed E-state index contributed by atoms with van der Waals surface area (Å²) in [7, 11) is -2.50. The Morgan fingerprint density at radius 3 is 0.700 bits per heavy atom. The molecule has 0 atom stereocenters.